The van der Waals surface area contributed by atoms with Crippen molar-refractivity contribution in [2.75, 3.05) is 0 Å². The lowest BCUT2D eigenvalue weighted by Crippen LogP contribution is -1.80. The number of benzene rings is 1. The van der Waals surface area contributed by atoms with Crippen LogP contribution in [0.5, 0.6) is 0 Å². The highest BCUT2D eigenvalue weighted by Gasteiger charge is 2.12. The van der Waals surface area contributed by atoms with E-state index in [1.165, 1.54) is 0 Å². The van der Waals surface area contributed by atoms with E-state index in [4.69, 9.17) is 8.94 Å². The molecule has 4 rings (SSSR count). The van der Waals surface area contributed by atoms with Gasteiger partial charge in [-0.25, -0.2) is 0 Å². The van der Waals surface area contributed by atoms with Crippen molar-refractivity contribution >= 4 is 10.9 Å². The highest BCUT2D eigenvalue weighted by Crippen LogP contribution is 2.24. The second-order valence-electron chi connectivity index (χ2n) is 4.18. The van der Waals surface area contributed by atoms with Gasteiger partial charge in [-0.3, -0.25) is 0 Å². The molecule has 0 atom stereocenters. The minimum atomic E-state index is 0.383. The minimum absolute atomic E-state index is 0.383. The zero-order valence-electron chi connectivity index (χ0n) is 9.83. The minimum Gasteiger partial charge on any atom is -0.459 e. The molecule has 0 saturated heterocycles. The molecule has 92 valence electrons. The van der Waals surface area contributed by atoms with Crippen LogP contribution >= 0.6 is 0 Å². The maximum Gasteiger partial charge on any atom is 0.293 e. The predicted molar refractivity (Wildman–Crippen MR) is 69.3 cm³/mol. The van der Waals surface area contributed by atoms with Gasteiger partial charge >= 0.3 is 0 Å². The van der Waals surface area contributed by atoms with E-state index in [-0.39, 0.29) is 0 Å². The Morgan fingerprint density at radius 3 is 3.00 bits per heavy atom. The lowest BCUT2D eigenvalue weighted by atomic mass is 10.1. The van der Waals surface area contributed by atoms with E-state index in [1.807, 2.05) is 30.5 Å². The molecule has 0 saturated carbocycles. The van der Waals surface area contributed by atoms with Gasteiger partial charge < -0.3 is 13.9 Å². The van der Waals surface area contributed by atoms with Crippen LogP contribution in [-0.2, 0) is 0 Å². The highest BCUT2D eigenvalue weighted by atomic mass is 16.5. The van der Waals surface area contributed by atoms with E-state index in [1.54, 1.807) is 18.4 Å². The predicted octanol–water partition coefficient (Wildman–Crippen LogP) is 3.48. The van der Waals surface area contributed by atoms with Crippen molar-refractivity contribution in [2.24, 2.45) is 0 Å². The molecule has 3 aromatic heterocycles. The van der Waals surface area contributed by atoms with Gasteiger partial charge in [0, 0.05) is 22.7 Å². The van der Waals surface area contributed by atoms with Gasteiger partial charge in [0.15, 0.2) is 5.76 Å². The highest BCUT2D eigenvalue weighted by molar-refractivity contribution is 5.83. The van der Waals surface area contributed by atoms with Gasteiger partial charge in [0.2, 0.25) is 5.82 Å². The second kappa shape index (κ2) is 3.84. The molecule has 5 nitrogen and oxygen atoms in total. The number of nitrogens with zero attached hydrogens (tertiary/aromatic N) is 2. The van der Waals surface area contributed by atoms with Crippen LogP contribution < -0.4 is 0 Å². The SMILES string of the molecule is c1coc(-c2nc(-c3ccc4[nH]ccc4c3)no2)c1. The van der Waals surface area contributed by atoms with Crippen molar-refractivity contribution < 1.29 is 8.94 Å². The molecule has 1 N–H and O–H groups in total. The lowest BCUT2D eigenvalue weighted by Gasteiger charge is -1.94. The van der Waals surface area contributed by atoms with Crippen molar-refractivity contribution in [3.63, 3.8) is 0 Å². The van der Waals surface area contributed by atoms with E-state index in [2.05, 4.69) is 15.1 Å². The van der Waals surface area contributed by atoms with Crippen LogP contribution in [-0.4, -0.2) is 15.1 Å². The number of aromatic nitrogens is 3. The van der Waals surface area contributed by atoms with Gasteiger partial charge in [-0.1, -0.05) is 5.16 Å². The topological polar surface area (TPSA) is 67.8 Å². The number of aromatic amines is 1. The number of nitrogens with one attached hydrogen (secondary N) is 1. The Morgan fingerprint density at radius 1 is 1.11 bits per heavy atom. The summed E-state index contributed by atoms with van der Waals surface area (Å²) < 4.78 is 10.4. The fourth-order valence-corrected chi connectivity index (χ4v) is 2.03. The van der Waals surface area contributed by atoms with Gasteiger partial charge in [-0.05, 0) is 36.4 Å². The molecule has 0 unspecified atom stereocenters. The van der Waals surface area contributed by atoms with Crippen molar-refractivity contribution in [1.82, 2.24) is 15.1 Å². The van der Waals surface area contributed by atoms with Crippen molar-refractivity contribution in [3.8, 4) is 23.0 Å². The molecule has 0 aliphatic carbocycles. The van der Waals surface area contributed by atoms with Crippen LogP contribution in [0.25, 0.3) is 33.9 Å². The third-order valence-electron chi connectivity index (χ3n) is 2.97. The molecule has 19 heavy (non-hydrogen) atoms. The summed E-state index contributed by atoms with van der Waals surface area (Å²) in [5, 5.41) is 5.09. The Hall–Kier alpha value is -2.82. The van der Waals surface area contributed by atoms with Gasteiger partial charge in [0.25, 0.3) is 5.89 Å². The molecule has 5 heteroatoms. The first kappa shape index (κ1) is 10.1. The molecule has 4 aromatic rings. The van der Waals surface area contributed by atoms with E-state index >= 15 is 0 Å². The van der Waals surface area contributed by atoms with Crippen LogP contribution in [0.1, 0.15) is 0 Å². The first-order chi connectivity index (χ1) is 9.40. The molecule has 0 radical (unpaired) electrons. The molecule has 0 fully saturated rings. The molecule has 0 bridgehead atoms. The summed E-state index contributed by atoms with van der Waals surface area (Å²) in [5.74, 6) is 1.50. The van der Waals surface area contributed by atoms with Crippen LogP contribution in [0.2, 0.25) is 0 Å². The maximum absolute atomic E-state index is 5.23. The monoisotopic (exact) mass is 251 g/mol. The fraction of sp³-hybridized carbons (Fsp3) is 0. The molecule has 1 aromatic carbocycles. The van der Waals surface area contributed by atoms with Gasteiger partial charge in [-0.15, -0.1) is 0 Å². The van der Waals surface area contributed by atoms with Crippen LogP contribution in [0.15, 0.2) is 57.8 Å². The fourth-order valence-electron chi connectivity index (χ4n) is 2.03. The Bertz CT molecular complexity index is 827. The van der Waals surface area contributed by atoms with E-state index in [0.29, 0.717) is 17.5 Å². The van der Waals surface area contributed by atoms with Gasteiger partial charge in [0.1, 0.15) is 0 Å². The summed E-state index contributed by atoms with van der Waals surface area (Å²) in [6.07, 6.45) is 3.48. The first-order valence-corrected chi connectivity index (χ1v) is 5.85. The Labute approximate surface area is 107 Å². The summed E-state index contributed by atoms with van der Waals surface area (Å²) in [4.78, 5) is 7.48. The largest absolute Gasteiger partial charge is 0.459 e. The normalized spacial score (nSPS) is 11.2. The zero-order valence-corrected chi connectivity index (χ0v) is 9.83. The van der Waals surface area contributed by atoms with Crippen molar-refractivity contribution in [3.05, 3.63) is 48.9 Å². The molecular weight excluding hydrogens is 242 g/mol. The Kier molecular flexibility index (Phi) is 2.05. The third-order valence-corrected chi connectivity index (χ3v) is 2.97. The average molecular weight is 251 g/mol. The van der Waals surface area contributed by atoms with Crippen LogP contribution in [0.4, 0.5) is 0 Å². The summed E-state index contributed by atoms with van der Waals surface area (Å²) in [6.45, 7) is 0. The van der Waals surface area contributed by atoms with Crippen molar-refractivity contribution in [1.29, 1.82) is 0 Å². The molecule has 0 spiro atoms. The summed E-state index contributed by atoms with van der Waals surface area (Å²) >= 11 is 0. The summed E-state index contributed by atoms with van der Waals surface area (Å²) in [5.41, 5.74) is 1.99. The number of H-pyrrole nitrogens is 1. The molecule has 0 amide bonds. The zero-order chi connectivity index (χ0) is 12.7. The van der Waals surface area contributed by atoms with Crippen molar-refractivity contribution in [2.45, 2.75) is 0 Å². The maximum atomic E-state index is 5.23. The van der Waals surface area contributed by atoms with E-state index < -0.39 is 0 Å². The first-order valence-electron chi connectivity index (χ1n) is 5.85. The number of fused-ring (bicyclic) bond motifs is 1. The number of hydrogen-bond acceptors (Lipinski definition) is 4. The Balaban J connectivity index is 1.79. The smallest absolute Gasteiger partial charge is 0.293 e. The average Bonchev–Trinajstić information content (AvgIpc) is 3.18. The number of rotatable bonds is 2. The summed E-state index contributed by atoms with van der Waals surface area (Å²) in [7, 11) is 0. The standard InChI is InChI=1S/C14H9N3O2/c1-2-12(18-7-1)14-16-13(17-19-14)10-3-4-11-9(8-10)5-6-15-11/h1-8,15H. The number of hydrogen-bond donors (Lipinski definition) is 1. The third kappa shape index (κ3) is 1.63. The van der Waals surface area contributed by atoms with Crippen LogP contribution in [0.3, 0.4) is 0 Å². The van der Waals surface area contributed by atoms with Gasteiger partial charge in [-0.2, -0.15) is 4.98 Å². The molecule has 0 aliphatic heterocycles. The lowest BCUT2D eigenvalue weighted by molar-refractivity contribution is 0.417. The van der Waals surface area contributed by atoms with Gasteiger partial charge in [0.05, 0.1) is 6.26 Å². The summed E-state index contributed by atoms with van der Waals surface area (Å²) in [6, 6.07) is 11.5. The van der Waals surface area contributed by atoms with Crippen LogP contribution in [0, 0.1) is 0 Å². The van der Waals surface area contributed by atoms with E-state index in [9.17, 15) is 0 Å². The number of furan rings is 1. The molecule has 0 aliphatic rings. The quantitative estimate of drug-likeness (QED) is 0.592. The molecule has 3 heterocycles. The Morgan fingerprint density at radius 2 is 2.11 bits per heavy atom. The van der Waals surface area contributed by atoms with E-state index in [0.717, 1.165) is 16.5 Å². The molecular formula is C14H9N3O2. The second-order valence-corrected chi connectivity index (χ2v) is 4.18.